The van der Waals surface area contributed by atoms with Gasteiger partial charge in [-0.25, -0.2) is 0 Å². The zero-order chi connectivity index (χ0) is 14.4. The first-order valence-corrected chi connectivity index (χ1v) is 7.77. The topological polar surface area (TPSA) is 52.9 Å². The van der Waals surface area contributed by atoms with Crippen molar-refractivity contribution < 1.29 is 4.79 Å². The number of amides is 1. The van der Waals surface area contributed by atoms with E-state index >= 15 is 0 Å². The van der Waals surface area contributed by atoms with Crippen molar-refractivity contribution in [2.24, 2.45) is 10.8 Å². The molecule has 0 aromatic heterocycles. The average Bonchev–Trinajstić information content (AvgIpc) is 2.37. The van der Waals surface area contributed by atoms with Crippen LogP contribution in [-0.4, -0.2) is 12.5 Å². The van der Waals surface area contributed by atoms with Crippen molar-refractivity contribution in [2.45, 2.75) is 72.1 Å². The lowest BCUT2D eigenvalue weighted by Crippen LogP contribution is -2.47. The van der Waals surface area contributed by atoms with Crippen molar-refractivity contribution in [3.05, 3.63) is 0 Å². The lowest BCUT2D eigenvalue weighted by molar-refractivity contribution is -0.129. The lowest BCUT2D eigenvalue weighted by atomic mass is 9.67. The largest absolute Gasteiger partial charge is 0.354 e. The third-order valence-corrected chi connectivity index (χ3v) is 4.79. The first-order chi connectivity index (χ1) is 9.08. The van der Waals surface area contributed by atoms with E-state index in [0.717, 1.165) is 25.8 Å². The Bertz CT molecular complexity index is 328. The first kappa shape index (κ1) is 16.0. The molecule has 108 valence electrons. The summed E-state index contributed by atoms with van der Waals surface area (Å²) in [6.45, 7) is 7.02. The monoisotopic (exact) mass is 264 g/mol. The van der Waals surface area contributed by atoms with E-state index in [1.807, 2.05) is 13.8 Å². The van der Waals surface area contributed by atoms with E-state index in [1.54, 1.807) is 0 Å². The van der Waals surface area contributed by atoms with Crippen molar-refractivity contribution >= 4 is 5.91 Å². The average molecular weight is 264 g/mol. The van der Waals surface area contributed by atoms with Crippen molar-refractivity contribution in [3.8, 4) is 6.07 Å². The maximum atomic E-state index is 12.4. The van der Waals surface area contributed by atoms with Crippen molar-refractivity contribution in [2.75, 3.05) is 6.54 Å². The van der Waals surface area contributed by atoms with Gasteiger partial charge in [-0.1, -0.05) is 40.0 Å². The normalized spacial score (nSPS) is 17.4. The molecule has 1 rings (SSSR count). The van der Waals surface area contributed by atoms with Gasteiger partial charge in [-0.3, -0.25) is 4.79 Å². The summed E-state index contributed by atoms with van der Waals surface area (Å²) in [4.78, 5) is 12.4. The molecule has 1 amide bonds. The number of carbonyl (C=O) groups is 1. The molecule has 0 aromatic rings. The number of rotatable bonds is 8. The molecule has 0 bridgehead atoms. The van der Waals surface area contributed by atoms with Gasteiger partial charge < -0.3 is 5.32 Å². The summed E-state index contributed by atoms with van der Waals surface area (Å²) in [6.07, 6.45) is 7.91. The summed E-state index contributed by atoms with van der Waals surface area (Å²) in [5, 5.41) is 12.5. The van der Waals surface area contributed by atoms with Crippen LogP contribution in [0.25, 0.3) is 0 Å². The van der Waals surface area contributed by atoms with E-state index in [2.05, 4.69) is 18.3 Å². The first-order valence-electron chi connectivity index (χ1n) is 7.77. The summed E-state index contributed by atoms with van der Waals surface area (Å²) in [5.41, 5.74) is -0.489. The van der Waals surface area contributed by atoms with Crippen molar-refractivity contribution in [1.82, 2.24) is 5.32 Å². The molecule has 0 atom stereocenters. The number of nitrogens with one attached hydrogen (secondary N) is 1. The molecule has 1 aliphatic carbocycles. The summed E-state index contributed by atoms with van der Waals surface area (Å²) < 4.78 is 0. The van der Waals surface area contributed by atoms with Gasteiger partial charge in [0.15, 0.2) is 0 Å². The SMILES string of the molecule is CCCC(C#N)(CCC)C(=O)NCC1(CC)CCC1. The van der Waals surface area contributed by atoms with Gasteiger partial charge in [0.05, 0.1) is 6.07 Å². The molecule has 0 aliphatic heterocycles. The minimum absolute atomic E-state index is 0.0431. The van der Waals surface area contributed by atoms with Gasteiger partial charge in [0.2, 0.25) is 5.91 Å². The molecule has 1 aliphatic rings. The Morgan fingerprint density at radius 3 is 2.16 bits per heavy atom. The molecule has 1 fully saturated rings. The second-order valence-corrected chi connectivity index (χ2v) is 6.08. The molecule has 1 saturated carbocycles. The summed E-state index contributed by atoms with van der Waals surface area (Å²) in [5.74, 6) is -0.0431. The molecule has 0 aromatic carbocycles. The Kier molecular flexibility index (Phi) is 5.85. The zero-order valence-electron chi connectivity index (χ0n) is 12.7. The van der Waals surface area contributed by atoms with Gasteiger partial charge in [-0.2, -0.15) is 5.26 Å². The van der Waals surface area contributed by atoms with Crippen LogP contribution in [0.4, 0.5) is 0 Å². The molecule has 0 unspecified atom stereocenters. The van der Waals surface area contributed by atoms with Crippen LogP contribution in [0.3, 0.4) is 0 Å². The summed E-state index contributed by atoms with van der Waals surface area (Å²) in [6, 6.07) is 2.30. The molecule has 0 heterocycles. The predicted octanol–water partition coefficient (Wildman–Crippen LogP) is 3.79. The lowest BCUT2D eigenvalue weighted by Gasteiger charge is -2.42. The Morgan fingerprint density at radius 2 is 1.84 bits per heavy atom. The van der Waals surface area contributed by atoms with Gasteiger partial charge in [0, 0.05) is 6.54 Å². The zero-order valence-corrected chi connectivity index (χ0v) is 12.7. The third-order valence-electron chi connectivity index (χ3n) is 4.79. The van der Waals surface area contributed by atoms with Gasteiger partial charge in [0.25, 0.3) is 0 Å². The minimum atomic E-state index is -0.803. The van der Waals surface area contributed by atoms with E-state index in [0.29, 0.717) is 18.3 Å². The number of hydrogen-bond donors (Lipinski definition) is 1. The van der Waals surface area contributed by atoms with Gasteiger partial charge in [-0.15, -0.1) is 0 Å². The Morgan fingerprint density at radius 1 is 1.26 bits per heavy atom. The highest BCUT2D eigenvalue weighted by molar-refractivity contribution is 5.85. The van der Waals surface area contributed by atoms with Crippen LogP contribution >= 0.6 is 0 Å². The second kappa shape index (κ2) is 6.93. The van der Waals surface area contributed by atoms with Crippen LogP contribution in [-0.2, 0) is 4.79 Å². The standard InChI is InChI=1S/C16H28N2O/c1-4-8-16(12-17,9-5-2)14(19)18-13-15(6-3)10-7-11-15/h4-11,13H2,1-3H3,(H,18,19). The van der Waals surface area contributed by atoms with E-state index in [9.17, 15) is 10.1 Å². The third kappa shape index (κ3) is 3.49. The number of nitrogens with zero attached hydrogens (tertiary/aromatic N) is 1. The van der Waals surface area contributed by atoms with Crippen LogP contribution in [0.15, 0.2) is 0 Å². The fourth-order valence-corrected chi connectivity index (χ4v) is 3.14. The van der Waals surface area contributed by atoms with E-state index in [1.165, 1.54) is 19.3 Å². The Balaban J connectivity index is 2.64. The van der Waals surface area contributed by atoms with Crippen LogP contribution in [0.5, 0.6) is 0 Å². The molecule has 0 saturated heterocycles. The Hall–Kier alpha value is -1.04. The number of hydrogen-bond acceptors (Lipinski definition) is 2. The maximum Gasteiger partial charge on any atom is 0.240 e. The van der Waals surface area contributed by atoms with E-state index in [-0.39, 0.29) is 5.91 Å². The molecular formula is C16H28N2O. The van der Waals surface area contributed by atoms with Crippen LogP contribution in [0.1, 0.15) is 72.1 Å². The highest BCUT2D eigenvalue weighted by atomic mass is 16.2. The molecule has 1 N–H and O–H groups in total. The predicted molar refractivity (Wildman–Crippen MR) is 77.4 cm³/mol. The number of carbonyl (C=O) groups excluding carboxylic acids is 1. The summed E-state index contributed by atoms with van der Waals surface area (Å²) >= 11 is 0. The minimum Gasteiger partial charge on any atom is -0.354 e. The maximum absolute atomic E-state index is 12.4. The van der Waals surface area contributed by atoms with E-state index < -0.39 is 5.41 Å². The van der Waals surface area contributed by atoms with Gasteiger partial charge in [-0.05, 0) is 37.5 Å². The number of nitriles is 1. The molecular weight excluding hydrogens is 236 g/mol. The highest BCUT2D eigenvalue weighted by Gasteiger charge is 2.40. The van der Waals surface area contributed by atoms with Crippen molar-refractivity contribution in [1.29, 1.82) is 5.26 Å². The van der Waals surface area contributed by atoms with E-state index in [4.69, 9.17) is 0 Å². The second-order valence-electron chi connectivity index (χ2n) is 6.08. The highest BCUT2D eigenvalue weighted by Crippen LogP contribution is 2.43. The molecule has 0 radical (unpaired) electrons. The van der Waals surface area contributed by atoms with Gasteiger partial charge in [0.1, 0.15) is 5.41 Å². The molecule has 3 nitrogen and oxygen atoms in total. The fraction of sp³-hybridized carbons (Fsp3) is 0.875. The van der Waals surface area contributed by atoms with Crippen LogP contribution in [0, 0.1) is 22.2 Å². The van der Waals surface area contributed by atoms with Crippen LogP contribution in [0.2, 0.25) is 0 Å². The smallest absolute Gasteiger partial charge is 0.240 e. The summed E-state index contributed by atoms with van der Waals surface area (Å²) in [7, 11) is 0. The Labute approximate surface area is 117 Å². The molecule has 0 spiro atoms. The van der Waals surface area contributed by atoms with Crippen molar-refractivity contribution in [3.63, 3.8) is 0 Å². The molecule has 19 heavy (non-hydrogen) atoms. The van der Waals surface area contributed by atoms with Gasteiger partial charge >= 0.3 is 0 Å². The fourth-order valence-electron chi connectivity index (χ4n) is 3.14. The quantitative estimate of drug-likeness (QED) is 0.725. The molecule has 3 heteroatoms. The van der Waals surface area contributed by atoms with Crippen LogP contribution < -0.4 is 5.32 Å².